The average molecular weight is 261 g/mol. The first-order valence-corrected chi connectivity index (χ1v) is 6.79. The van der Waals surface area contributed by atoms with Gasteiger partial charge in [-0.25, -0.2) is 0 Å². The fourth-order valence-electron chi connectivity index (χ4n) is 2.58. The topological polar surface area (TPSA) is 32.7 Å². The Balaban J connectivity index is 2.08. The molecule has 2 rings (SSSR count). The lowest BCUT2D eigenvalue weighted by Crippen LogP contribution is -2.26. The quantitative estimate of drug-likeness (QED) is 0.798. The second kappa shape index (κ2) is 5.76. The minimum absolute atomic E-state index is 0.0904. The van der Waals surface area contributed by atoms with Gasteiger partial charge in [0.2, 0.25) is 0 Å². The van der Waals surface area contributed by atoms with Crippen LogP contribution in [0, 0.1) is 0 Å². The van der Waals surface area contributed by atoms with Crippen molar-refractivity contribution in [3.63, 3.8) is 0 Å². The number of benzene rings is 1. The van der Waals surface area contributed by atoms with E-state index in [-0.39, 0.29) is 12.2 Å². The lowest BCUT2D eigenvalue weighted by Gasteiger charge is -2.19. The normalized spacial score (nSPS) is 16.2. The third-order valence-corrected chi connectivity index (χ3v) is 3.34. The zero-order chi connectivity index (χ0) is 13.9. The minimum Gasteiger partial charge on any atom is -0.487 e. The van der Waals surface area contributed by atoms with Gasteiger partial charge in [-0.3, -0.25) is 4.90 Å². The van der Waals surface area contributed by atoms with Crippen LogP contribution in [0.3, 0.4) is 0 Å². The molecule has 0 atom stereocenters. The average Bonchev–Trinajstić information content (AvgIpc) is 2.63. The van der Waals surface area contributed by atoms with Gasteiger partial charge in [0.1, 0.15) is 11.4 Å². The monoisotopic (exact) mass is 261 g/mol. The number of ether oxygens (including phenoxy) is 1. The van der Waals surface area contributed by atoms with E-state index in [1.807, 2.05) is 6.08 Å². The minimum atomic E-state index is -0.0904. The van der Waals surface area contributed by atoms with Gasteiger partial charge in [0, 0.05) is 26.1 Å². The molecule has 19 heavy (non-hydrogen) atoms. The second-order valence-corrected chi connectivity index (χ2v) is 5.73. The molecule has 0 unspecified atom stereocenters. The fourth-order valence-corrected chi connectivity index (χ4v) is 2.58. The summed E-state index contributed by atoms with van der Waals surface area (Å²) >= 11 is 0. The fraction of sp³-hybridized carbons (Fsp3) is 0.500. The van der Waals surface area contributed by atoms with Crippen LogP contribution in [0.4, 0.5) is 0 Å². The highest BCUT2D eigenvalue weighted by Crippen LogP contribution is 2.35. The van der Waals surface area contributed by atoms with E-state index in [9.17, 15) is 0 Å². The summed E-state index contributed by atoms with van der Waals surface area (Å²) in [6, 6.07) is 6.38. The maximum Gasteiger partial charge on any atom is 0.123 e. The van der Waals surface area contributed by atoms with Crippen LogP contribution in [0.5, 0.6) is 5.75 Å². The van der Waals surface area contributed by atoms with Gasteiger partial charge in [-0.1, -0.05) is 18.2 Å². The van der Waals surface area contributed by atoms with Crippen LogP contribution in [-0.4, -0.2) is 35.3 Å². The summed E-state index contributed by atoms with van der Waals surface area (Å²) in [7, 11) is 0. The molecule has 1 heterocycles. The molecule has 0 radical (unpaired) electrons. The number of hydrogen-bond donors (Lipinski definition) is 1. The molecule has 0 saturated carbocycles. The van der Waals surface area contributed by atoms with E-state index in [2.05, 4.69) is 43.5 Å². The Morgan fingerprint density at radius 1 is 1.47 bits per heavy atom. The molecular formula is C16H23NO2. The molecule has 1 N–H and O–H groups in total. The molecule has 1 aliphatic heterocycles. The molecule has 0 aromatic heterocycles. The molecular weight excluding hydrogens is 238 g/mol. The summed E-state index contributed by atoms with van der Waals surface area (Å²) in [6.45, 7) is 10.5. The molecule has 104 valence electrons. The molecule has 3 heteroatoms. The Morgan fingerprint density at radius 2 is 2.26 bits per heavy atom. The summed E-state index contributed by atoms with van der Waals surface area (Å²) in [5.41, 5.74) is 2.45. The highest BCUT2D eigenvalue weighted by molar-refractivity contribution is 5.41. The molecule has 0 spiro atoms. The molecule has 0 aliphatic carbocycles. The maximum atomic E-state index is 9.07. The summed E-state index contributed by atoms with van der Waals surface area (Å²) in [5, 5.41) is 9.07. The standard InChI is InChI=1S/C16H23NO2/c1-4-7-17(8-9-18)12-13-5-6-15-14(10-13)11-16(2,3)19-15/h4-6,10,18H,1,7-9,11-12H2,2-3H3. The largest absolute Gasteiger partial charge is 0.487 e. The van der Waals surface area contributed by atoms with Crippen LogP contribution in [0.25, 0.3) is 0 Å². The van der Waals surface area contributed by atoms with E-state index in [1.54, 1.807) is 0 Å². The zero-order valence-corrected chi connectivity index (χ0v) is 11.9. The van der Waals surface area contributed by atoms with Crippen molar-refractivity contribution in [2.45, 2.75) is 32.4 Å². The molecule has 1 aromatic carbocycles. The molecule has 1 aliphatic rings. The molecule has 0 saturated heterocycles. The van der Waals surface area contributed by atoms with Gasteiger partial charge in [-0.2, -0.15) is 0 Å². The van der Waals surface area contributed by atoms with Crippen LogP contribution in [0.1, 0.15) is 25.0 Å². The number of fused-ring (bicyclic) bond motifs is 1. The van der Waals surface area contributed by atoms with Crippen LogP contribution in [0.2, 0.25) is 0 Å². The smallest absolute Gasteiger partial charge is 0.123 e. The Morgan fingerprint density at radius 3 is 2.95 bits per heavy atom. The van der Waals surface area contributed by atoms with Crippen LogP contribution >= 0.6 is 0 Å². The van der Waals surface area contributed by atoms with E-state index < -0.39 is 0 Å². The van der Waals surface area contributed by atoms with Gasteiger partial charge < -0.3 is 9.84 Å². The van der Waals surface area contributed by atoms with Gasteiger partial charge >= 0.3 is 0 Å². The number of nitrogens with zero attached hydrogens (tertiary/aromatic N) is 1. The maximum absolute atomic E-state index is 9.07. The molecule has 1 aromatic rings. The Kier molecular flexibility index (Phi) is 4.27. The second-order valence-electron chi connectivity index (χ2n) is 5.73. The summed E-state index contributed by atoms with van der Waals surface area (Å²) < 4.78 is 5.88. The van der Waals surface area contributed by atoms with Gasteiger partial charge in [0.05, 0.1) is 6.61 Å². The van der Waals surface area contributed by atoms with Gasteiger partial charge in [0.25, 0.3) is 0 Å². The van der Waals surface area contributed by atoms with Crippen LogP contribution in [0.15, 0.2) is 30.9 Å². The van der Waals surface area contributed by atoms with E-state index in [0.29, 0.717) is 6.54 Å². The third kappa shape index (κ3) is 3.58. The van der Waals surface area contributed by atoms with Crippen LogP contribution in [-0.2, 0) is 13.0 Å². The van der Waals surface area contributed by atoms with E-state index in [0.717, 1.165) is 25.3 Å². The Bertz CT molecular complexity index is 454. The first-order valence-electron chi connectivity index (χ1n) is 6.79. The summed E-state index contributed by atoms with van der Waals surface area (Å²) in [6.07, 6.45) is 2.83. The predicted octanol–water partition coefficient (Wildman–Crippen LogP) is 2.38. The van der Waals surface area contributed by atoms with Crippen molar-refractivity contribution >= 4 is 0 Å². The van der Waals surface area contributed by atoms with E-state index in [4.69, 9.17) is 9.84 Å². The van der Waals surface area contributed by atoms with Crippen LogP contribution < -0.4 is 4.74 Å². The lowest BCUT2D eigenvalue weighted by atomic mass is 10.00. The van der Waals surface area contributed by atoms with Gasteiger partial charge in [-0.05, 0) is 31.0 Å². The number of hydrogen-bond acceptors (Lipinski definition) is 3. The lowest BCUT2D eigenvalue weighted by molar-refractivity contribution is 0.138. The van der Waals surface area contributed by atoms with Crippen molar-refractivity contribution in [1.29, 1.82) is 0 Å². The number of aliphatic hydroxyl groups excluding tert-OH is 1. The Labute approximate surface area is 115 Å². The number of aliphatic hydroxyl groups is 1. The SMILES string of the molecule is C=CCN(CCO)Cc1ccc2c(c1)CC(C)(C)O2. The van der Waals surface area contributed by atoms with Gasteiger partial charge in [-0.15, -0.1) is 6.58 Å². The van der Waals surface area contributed by atoms with Crippen molar-refractivity contribution in [2.75, 3.05) is 19.7 Å². The van der Waals surface area contributed by atoms with Crippen molar-refractivity contribution in [3.05, 3.63) is 42.0 Å². The van der Waals surface area contributed by atoms with Crippen molar-refractivity contribution in [3.8, 4) is 5.75 Å². The highest BCUT2D eigenvalue weighted by atomic mass is 16.5. The van der Waals surface area contributed by atoms with Gasteiger partial charge in [0.15, 0.2) is 0 Å². The van der Waals surface area contributed by atoms with Crippen molar-refractivity contribution in [1.82, 2.24) is 4.90 Å². The summed E-state index contributed by atoms with van der Waals surface area (Å²) in [4.78, 5) is 2.18. The van der Waals surface area contributed by atoms with Crippen molar-refractivity contribution in [2.24, 2.45) is 0 Å². The zero-order valence-electron chi connectivity index (χ0n) is 11.9. The molecule has 0 fully saturated rings. The van der Waals surface area contributed by atoms with Crippen molar-refractivity contribution < 1.29 is 9.84 Å². The first kappa shape index (κ1) is 14.1. The molecule has 0 amide bonds. The summed E-state index contributed by atoms with van der Waals surface area (Å²) in [5.74, 6) is 1.01. The van der Waals surface area contributed by atoms with E-state index >= 15 is 0 Å². The highest BCUT2D eigenvalue weighted by Gasteiger charge is 2.29. The molecule has 0 bridgehead atoms. The predicted molar refractivity (Wildman–Crippen MR) is 77.4 cm³/mol. The first-order chi connectivity index (χ1) is 9.04. The Hall–Kier alpha value is -1.32. The number of rotatable bonds is 6. The van der Waals surface area contributed by atoms with E-state index in [1.165, 1.54) is 11.1 Å². The molecule has 3 nitrogen and oxygen atoms in total. The third-order valence-electron chi connectivity index (χ3n) is 3.34.